The summed E-state index contributed by atoms with van der Waals surface area (Å²) in [5.41, 5.74) is 7.85. The summed E-state index contributed by atoms with van der Waals surface area (Å²) in [4.78, 5) is 0. The van der Waals surface area contributed by atoms with Gasteiger partial charge in [0.05, 0.1) is 57.3 Å². The van der Waals surface area contributed by atoms with Crippen LogP contribution in [0, 0.1) is 0 Å². The second-order valence-electron chi connectivity index (χ2n) is 14.2. The Morgan fingerprint density at radius 2 is 0.982 bits per heavy atom. The van der Waals surface area contributed by atoms with Crippen LogP contribution in [-0.2, 0) is 51.8 Å². The van der Waals surface area contributed by atoms with Crippen LogP contribution in [0.3, 0.4) is 0 Å². The topological polar surface area (TPSA) is 55.4 Å². The van der Waals surface area contributed by atoms with Crippen LogP contribution in [0.5, 0.6) is 11.5 Å². The predicted molar refractivity (Wildman–Crippen MR) is 229 cm³/mol. The van der Waals surface area contributed by atoms with Gasteiger partial charge >= 0.3 is 0 Å². The van der Waals surface area contributed by atoms with E-state index >= 15 is 0 Å². The van der Waals surface area contributed by atoms with Crippen molar-refractivity contribution in [2.45, 2.75) is 68.6 Å². The highest BCUT2D eigenvalue weighted by molar-refractivity contribution is 8.00. The van der Waals surface area contributed by atoms with Crippen molar-refractivity contribution in [2.24, 2.45) is 0 Å². The average Bonchev–Trinajstić information content (AvgIpc) is 3.26. The van der Waals surface area contributed by atoms with Crippen LogP contribution in [0.4, 0.5) is 0 Å². The molecule has 0 unspecified atom stereocenters. The first kappa shape index (κ1) is 40.3. The minimum Gasteiger partial charge on any atom is -0.496 e. The van der Waals surface area contributed by atoms with E-state index in [1.54, 1.807) is 7.11 Å². The molecule has 0 spiro atoms. The normalized spacial score (nSPS) is 19.2. The molecular weight excluding hydrogens is 729 g/mol. The zero-order chi connectivity index (χ0) is 39.1. The van der Waals surface area contributed by atoms with Gasteiger partial charge in [0.2, 0.25) is 0 Å². The van der Waals surface area contributed by atoms with Crippen LogP contribution in [-0.4, -0.2) is 43.9 Å². The fourth-order valence-electron chi connectivity index (χ4n) is 7.26. The Morgan fingerprint density at radius 3 is 1.51 bits per heavy atom. The zero-order valence-electron chi connectivity index (χ0n) is 32.8. The molecule has 5 atom stereocenters. The molecule has 0 saturated carbocycles. The molecule has 0 radical (unpaired) electrons. The SMILES string of the molecule is CCOc1ccc(Cc2ccc(OC)c([C@@H]3S[C@H](COCc4ccccc4)[C@@H](OCc4ccccc4)[C@H](OCc4ccccc4)[C@H]3OCc3ccccc3)c2)cc1. The molecule has 7 heteroatoms. The van der Waals surface area contributed by atoms with Crippen LogP contribution in [0.2, 0.25) is 0 Å². The molecule has 1 heterocycles. The summed E-state index contributed by atoms with van der Waals surface area (Å²) < 4.78 is 39.6. The molecule has 57 heavy (non-hydrogen) atoms. The standard InChI is InChI=1S/C50H52O6S/c1-3-53-43-27-24-37(25-28-43)30-42-26-29-45(51-2)44(31-42)50-49(56-35-41-22-14-7-15-23-41)48(55-34-40-20-12-6-13-21-40)47(54-33-39-18-10-5-11-19-39)46(57-50)36-52-32-38-16-8-4-9-17-38/h4-29,31,46-50H,3,30,32-36H2,1-2H3/t46-,47-,48+,49-,50+/m1/s1. The molecule has 0 aromatic heterocycles. The number of thioether (sulfide) groups is 1. The van der Waals surface area contributed by atoms with Crippen molar-refractivity contribution in [1.82, 2.24) is 0 Å². The van der Waals surface area contributed by atoms with Crippen molar-refractivity contribution in [3.05, 3.63) is 203 Å². The summed E-state index contributed by atoms with van der Waals surface area (Å²) in [7, 11) is 1.74. The number of hydrogen-bond acceptors (Lipinski definition) is 7. The number of rotatable bonds is 19. The molecule has 294 valence electrons. The van der Waals surface area contributed by atoms with Crippen molar-refractivity contribution < 1.29 is 28.4 Å². The first-order chi connectivity index (χ1) is 28.2. The van der Waals surface area contributed by atoms with Crippen molar-refractivity contribution in [2.75, 3.05) is 20.3 Å². The summed E-state index contributed by atoms with van der Waals surface area (Å²) in [5.74, 6) is 1.69. The van der Waals surface area contributed by atoms with Gasteiger partial charge < -0.3 is 28.4 Å². The van der Waals surface area contributed by atoms with Crippen LogP contribution < -0.4 is 9.47 Å². The molecule has 6 nitrogen and oxygen atoms in total. The molecule has 1 aliphatic rings. The third kappa shape index (κ3) is 11.4. The van der Waals surface area contributed by atoms with E-state index in [4.69, 9.17) is 28.4 Å². The summed E-state index contributed by atoms with van der Waals surface area (Å²) in [6.45, 7) is 4.86. The lowest BCUT2D eigenvalue weighted by Crippen LogP contribution is -2.54. The third-order valence-electron chi connectivity index (χ3n) is 10.1. The molecule has 0 amide bonds. The van der Waals surface area contributed by atoms with E-state index in [2.05, 4.69) is 91.0 Å². The van der Waals surface area contributed by atoms with Crippen LogP contribution in [0.15, 0.2) is 164 Å². The van der Waals surface area contributed by atoms with Crippen LogP contribution in [0.25, 0.3) is 0 Å². The number of ether oxygens (including phenoxy) is 6. The maximum Gasteiger partial charge on any atom is 0.123 e. The van der Waals surface area contributed by atoms with Gasteiger partial charge in [-0.3, -0.25) is 0 Å². The fraction of sp³-hybridized carbons (Fsp3) is 0.280. The van der Waals surface area contributed by atoms with E-state index < -0.39 is 12.2 Å². The maximum absolute atomic E-state index is 7.10. The second-order valence-corrected chi connectivity index (χ2v) is 15.6. The Morgan fingerprint density at radius 1 is 0.491 bits per heavy atom. The lowest BCUT2D eigenvalue weighted by molar-refractivity contribution is -0.160. The average molecular weight is 781 g/mol. The van der Waals surface area contributed by atoms with Gasteiger partial charge in [-0.15, -0.1) is 11.8 Å². The van der Waals surface area contributed by atoms with Gasteiger partial charge in [-0.25, -0.2) is 0 Å². The van der Waals surface area contributed by atoms with E-state index in [-0.39, 0.29) is 16.6 Å². The summed E-state index contributed by atoms with van der Waals surface area (Å²) in [6.07, 6.45) is -0.449. The lowest BCUT2D eigenvalue weighted by Gasteiger charge is -2.46. The number of benzene rings is 6. The van der Waals surface area contributed by atoms with Crippen molar-refractivity contribution in [1.29, 1.82) is 0 Å². The van der Waals surface area contributed by atoms with E-state index in [9.17, 15) is 0 Å². The summed E-state index contributed by atoms with van der Waals surface area (Å²) in [6, 6.07) is 56.2. The van der Waals surface area contributed by atoms with Gasteiger partial charge in [0.1, 0.15) is 29.8 Å². The fourth-order valence-corrected chi connectivity index (χ4v) is 8.92. The molecule has 0 N–H and O–H groups in total. The summed E-state index contributed by atoms with van der Waals surface area (Å²) >= 11 is 1.83. The van der Waals surface area contributed by atoms with Crippen molar-refractivity contribution >= 4 is 11.8 Å². The van der Waals surface area contributed by atoms with Crippen molar-refractivity contribution in [3.63, 3.8) is 0 Å². The van der Waals surface area contributed by atoms with Gasteiger partial charge in [0.15, 0.2) is 0 Å². The van der Waals surface area contributed by atoms with Gasteiger partial charge in [-0.2, -0.15) is 0 Å². The molecule has 0 bridgehead atoms. The Bertz CT molecular complexity index is 2050. The van der Waals surface area contributed by atoms with Gasteiger partial charge in [-0.1, -0.05) is 146 Å². The monoisotopic (exact) mass is 780 g/mol. The molecule has 7 rings (SSSR count). The molecule has 1 aliphatic heterocycles. The van der Waals surface area contributed by atoms with E-state index in [0.29, 0.717) is 39.6 Å². The molecule has 1 saturated heterocycles. The highest BCUT2D eigenvalue weighted by Crippen LogP contribution is 2.50. The van der Waals surface area contributed by atoms with E-state index in [1.807, 2.05) is 91.5 Å². The summed E-state index contributed by atoms with van der Waals surface area (Å²) in [5, 5.41) is -0.272. The van der Waals surface area contributed by atoms with E-state index in [1.165, 1.54) is 11.1 Å². The maximum atomic E-state index is 7.10. The van der Waals surface area contributed by atoms with Gasteiger partial charge in [0, 0.05) is 5.56 Å². The first-order valence-corrected chi connectivity index (χ1v) is 20.7. The minimum absolute atomic E-state index is 0.0979. The Labute approximate surface area is 342 Å². The molecule has 6 aromatic rings. The third-order valence-corrected chi connectivity index (χ3v) is 11.7. The largest absolute Gasteiger partial charge is 0.496 e. The van der Waals surface area contributed by atoms with Crippen molar-refractivity contribution in [3.8, 4) is 11.5 Å². The van der Waals surface area contributed by atoms with Crippen LogP contribution >= 0.6 is 11.8 Å². The minimum atomic E-state index is -0.450. The molecular formula is C50H52O6S. The Balaban J connectivity index is 1.27. The lowest BCUT2D eigenvalue weighted by atomic mass is 9.93. The molecule has 6 aromatic carbocycles. The zero-order valence-corrected chi connectivity index (χ0v) is 33.6. The van der Waals surface area contributed by atoms with Gasteiger partial charge in [-0.05, 0) is 64.9 Å². The molecule has 0 aliphatic carbocycles. The smallest absolute Gasteiger partial charge is 0.123 e. The number of hydrogen-bond donors (Lipinski definition) is 0. The molecule has 1 fully saturated rings. The Hall–Kier alpha value is -4.89. The number of methoxy groups -OCH3 is 1. The second kappa shape index (κ2) is 21.0. The predicted octanol–water partition coefficient (Wildman–Crippen LogP) is 10.8. The highest BCUT2D eigenvalue weighted by atomic mass is 32.2. The Kier molecular flexibility index (Phi) is 14.9. The first-order valence-electron chi connectivity index (χ1n) is 19.8. The quantitative estimate of drug-likeness (QED) is 0.0811. The van der Waals surface area contributed by atoms with Gasteiger partial charge in [0.25, 0.3) is 0 Å². The highest BCUT2D eigenvalue weighted by Gasteiger charge is 2.49. The van der Waals surface area contributed by atoms with E-state index in [0.717, 1.165) is 45.7 Å². The van der Waals surface area contributed by atoms with Crippen LogP contribution in [0.1, 0.15) is 51.1 Å².